The summed E-state index contributed by atoms with van der Waals surface area (Å²) < 4.78 is 5.32. The molecule has 1 aliphatic heterocycles. The molecule has 0 amide bonds. The number of halogens is 1. The van der Waals surface area contributed by atoms with Crippen molar-refractivity contribution in [2.24, 2.45) is 0 Å². The van der Waals surface area contributed by atoms with E-state index in [4.69, 9.17) is 16.3 Å². The van der Waals surface area contributed by atoms with Crippen LogP contribution in [0.4, 0.5) is 11.9 Å². The fourth-order valence-corrected chi connectivity index (χ4v) is 2.21. The zero-order valence-corrected chi connectivity index (χ0v) is 12.2. The van der Waals surface area contributed by atoms with Gasteiger partial charge in [0.15, 0.2) is 0 Å². The van der Waals surface area contributed by atoms with Gasteiger partial charge in [-0.25, -0.2) is 4.98 Å². The highest BCUT2D eigenvalue weighted by Crippen LogP contribution is 2.15. The summed E-state index contributed by atoms with van der Waals surface area (Å²) in [6, 6.07) is 0. The van der Waals surface area contributed by atoms with E-state index in [2.05, 4.69) is 30.2 Å². The Bertz CT molecular complexity index is 571. The van der Waals surface area contributed by atoms with E-state index in [0.717, 1.165) is 25.2 Å². The molecule has 0 bridgehead atoms. The number of nitrogens with one attached hydrogen (secondary N) is 2. The zero-order valence-electron chi connectivity index (χ0n) is 11.4. The second-order valence-corrected chi connectivity index (χ2v) is 4.92. The maximum Gasteiger partial charge on any atom is 0.231 e. The fraction of sp³-hybridized carbons (Fsp3) is 0.500. The molecule has 1 aliphatic rings. The molecule has 2 aromatic heterocycles. The summed E-state index contributed by atoms with van der Waals surface area (Å²) in [6.07, 6.45) is 4.25. The van der Waals surface area contributed by atoms with Gasteiger partial charge in [-0.2, -0.15) is 15.0 Å². The molecule has 8 nitrogen and oxygen atoms in total. The smallest absolute Gasteiger partial charge is 0.231 e. The molecular formula is C12H16ClN7O. The number of rotatable bonds is 5. The quantitative estimate of drug-likeness (QED) is 0.841. The molecule has 0 unspecified atom stereocenters. The normalized spacial score (nSPS) is 15.2. The SMILES string of the molecule is Clc1nc(NCCc2cnc[nH]2)nc(N2CCOCC2)n1. The maximum absolute atomic E-state index is 5.97. The van der Waals surface area contributed by atoms with E-state index in [-0.39, 0.29) is 5.28 Å². The molecule has 3 heterocycles. The molecule has 9 heteroatoms. The average Bonchev–Trinajstić information content (AvgIpc) is 3.01. The molecule has 0 saturated carbocycles. The van der Waals surface area contributed by atoms with Crippen LogP contribution in [0.25, 0.3) is 0 Å². The van der Waals surface area contributed by atoms with Crippen LogP contribution < -0.4 is 10.2 Å². The van der Waals surface area contributed by atoms with Gasteiger partial charge in [-0.05, 0) is 11.6 Å². The Morgan fingerprint density at radius 3 is 2.90 bits per heavy atom. The van der Waals surface area contributed by atoms with E-state index < -0.39 is 0 Å². The van der Waals surface area contributed by atoms with Crippen LogP contribution in [0.5, 0.6) is 0 Å². The topological polar surface area (TPSA) is 91.9 Å². The number of hydrogen-bond acceptors (Lipinski definition) is 7. The molecule has 2 aromatic rings. The molecule has 0 aromatic carbocycles. The molecule has 0 spiro atoms. The lowest BCUT2D eigenvalue weighted by Crippen LogP contribution is -2.37. The summed E-state index contributed by atoms with van der Waals surface area (Å²) in [5.74, 6) is 1.07. The first-order chi connectivity index (χ1) is 10.3. The molecule has 112 valence electrons. The lowest BCUT2D eigenvalue weighted by Gasteiger charge is -2.26. The van der Waals surface area contributed by atoms with Crippen molar-refractivity contribution in [1.29, 1.82) is 0 Å². The van der Waals surface area contributed by atoms with Gasteiger partial charge in [-0.1, -0.05) is 0 Å². The number of nitrogens with zero attached hydrogens (tertiary/aromatic N) is 5. The number of imidazole rings is 1. The Labute approximate surface area is 126 Å². The van der Waals surface area contributed by atoms with Crippen molar-refractivity contribution in [2.75, 3.05) is 43.1 Å². The van der Waals surface area contributed by atoms with Crippen molar-refractivity contribution >= 4 is 23.5 Å². The van der Waals surface area contributed by atoms with E-state index in [0.29, 0.717) is 31.7 Å². The van der Waals surface area contributed by atoms with Gasteiger partial charge in [-0.3, -0.25) is 0 Å². The third-order valence-corrected chi connectivity index (χ3v) is 3.29. The van der Waals surface area contributed by atoms with Crippen LogP contribution in [0, 0.1) is 0 Å². The summed E-state index contributed by atoms with van der Waals surface area (Å²) in [6.45, 7) is 3.55. The minimum Gasteiger partial charge on any atom is -0.378 e. The first-order valence-electron chi connectivity index (χ1n) is 6.76. The fourth-order valence-electron chi connectivity index (χ4n) is 2.05. The second kappa shape index (κ2) is 6.68. The molecule has 2 N–H and O–H groups in total. The van der Waals surface area contributed by atoms with E-state index in [1.807, 2.05) is 4.90 Å². The number of ether oxygens (including phenoxy) is 1. The number of hydrogen-bond donors (Lipinski definition) is 2. The molecular weight excluding hydrogens is 294 g/mol. The lowest BCUT2D eigenvalue weighted by atomic mass is 10.3. The van der Waals surface area contributed by atoms with Gasteiger partial charge in [0.1, 0.15) is 0 Å². The van der Waals surface area contributed by atoms with E-state index >= 15 is 0 Å². The summed E-state index contributed by atoms with van der Waals surface area (Å²) in [7, 11) is 0. The molecule has 3 rings (SSSR count). The van der Waals surface area contributed by atoms with Crippen molar-refractivity contribution in [1.82, 2.24) is 24.9 Å². The number of H-pyrrole nitrogens is 1. The van der Waals surface area contributed by atoms with E-state index in [9.17, 15) is 0 Å². The predicted octanol–water partition coefficient (Wildman–Crippen LogP) is 0.739. The summed E-state index contributed by atoms with van der Waals surface area (Å²) in [5.41, 5.74) is 1.05. The van der Waals surface area contributed by atoms with Crippen molar-refractivity contribution in [3.05, 3.63) is 23.5 Å². The average molecular weight is 310 g/mol. The van der Waals surface area contributed by atoms with Crippen molar-refractivity contribution < 1.29 is 4.74 Å². The van der Waals surface area contributed by atoms with E-state index in [1.54, 1.807) is 12.5 Å². The van der Waals surface area contributed by atoms with Gasteiger partial charge in [0.05, 0.1) is 19.5 Å². The Balaban J connectivity index is 1.63. The van der Waals surface area contributed by atoms with Gasteiger partial charge in [0, 0.05) is 37.9 Å². The zero-order chi connectivity index (χ0) is 14.5. The van der Waals surface area contributed by atoms with Gasteiger partial charge in [0.2, 0.25) is 17.2 Å². The molecule has 21 heavy (non-hydrogen) atoms. The molecule has 1 saturated heterocycles. The number of morpholine rings is 1. The number of anilines is 2. The Morgan fingerprint density at radius 1 is 1.29 bits per heavy atom. The largest absolute Gasteiger partial charge is 0.378 e. The Hall–Kier alpha value is -1.93. The summed E-state index contributed by atoms with van der Waals surface area (Å²) in [5, 5.41) is 3.34. The third-order valence-electron chi connectivity index (χ3n) is 3.12. The van der Waals surface area contributed by atoms with Crippen LogP contribution in [0.15, 0.2) is 12.5 Å². The first-order valence-corrected chi connectivity index (χ1v) is 7.14. The van der Waals surface area contributed by atoms with Crippen molar-refractivity contribution in [3.8, 4) is 0 Å². The highest BCUT2D eigenvalue weighted by molar-refractivity contribution is 6.28. The second-order valence-electron chi connectivity index (χ2n) is 4.58. The first kappa shape index (κ1) is 14.0. The van der Waals surface area contributed by atoms with Crippen LogP contribution >= 0.6 is 11.6 Å². The molecule has 1 fully saturated rings. The highest BCUT2D eigenvalue weighted by Gasteiger charge is 2.15. The standard InChI is InChI=1S/C12H16ClN7O/c13-10-17-11(15-2-1-9-7-14-8-16-9)19-12(18-10)20-3-5-21-6-4-20/h7-8H,1-6H2,(H,14,16)(H,15,17,18,19). The number of aromatic amines is 1. The Morgan fingerprint density at radius 2 is 2.14 bits per heavy atom. The van der Waals surface area contributed by atoms with Gasteiger partial charge in [-0.15, -0.1) is 0 Å². The molecule has 0 radical (unpaired) electrons. The van der Waals surface area contributed by atoms with Gasteiger partial charge in [0.25, 0.3) is 0 Å². The highest BCUT2D eigenvalue weighted by atomic mass is 35.5. The van der Waals surface area contributed by atoms with Crippen molar-refractivity contribution in [3.63, 3.8) is 0 Å². The molecule has 0 aliphatic carbocycles. The van der Waals surface area contributed by atoms with E-state index in [1.165, 1.54) is 0 Å². The summed E-state index contributed by atoms with van der Waals surface area (Å²) >= 11 is 5.97. The monoisotopic (exact) mass is 309 g/mol. The molecule has 0 atom stereocenters. The lowest BCUT2D eigenvalue weighted by molar-refractivity contribution is 0.122. The maximum atomic E-state index is 5.97. The summed E-state index contributed by atoms with van der Waals surface area (Å²) in [4.78, 5) is 21.7. The predicted molar refractivity (Wildman–Crippen MR) is 78.7 cm³/mol. The van der Waals surface area contributed by atoms with Crippen LogP contribution in [-0.4, -0.2) is 57.8 Å². The minimum atomic E-state index is 0.190. The third kappa shape index (κ3) is 3.79. The number of aromatic nitrogens is 5. The van der Waals surface area contributed by atoms with Crippen LogP contribution in [0.1, 0.15) is 5.69 Å². The van der Waals surface area contributed by atoms with Crippen molar-refractivity contribution in [2.45, 2.75) is 6.42 Å². The van der Waals surface area contributed by atoms with Crippen LogP contribution in [0.2, 0.25) is 5.28 Å². The van der Waals surface area contributed by atoms with Crippen LogP contribution in [0.3, 0.4) is 0 Å². The minimum absolute atomic E-state index is 0.190. The Kier molecular flexibility index (Phi) is 4.46. The van der Waals surface area contributed by atoms with Gasteiger partial charge >= 0.3 is 0 Å². The van der Waals surface area contributed by atoms with Crippen LogP contribution in [-0.2, 0) is 11.2 Å². The van der Waals surface area contributed by atoms with Gasteiger partial charge < -0.3 is 19.9 Å².